The van der Waals surface area contributed by atoms with E-state index in [-0.39, 0.29) is 12.0 Å². The minimum absolute atomic E-state index is 0.0857. The number of carbonyl (C=O) groups excluding carboxylic acids is 1. The zero-order valence-corrected chi connectivity index (χ0v) is 16.1. The third-order valence-corrected chi connectivity index (χ3v) is 6.33. The highest BCUT2D eigenvalue weighted by Crippen LogP contribution is 2.45. The second-order valence-electron chi connectivity index (χ2n) is 8.15. The fraction of sp³-hybridized carbons (Fsp3) is 0.900. The number of aliphatic carboxylic acids is 1. The molecule has 0 aromatic carbocycles. The summed E-state index contributed by atoms with van der Waals surface area (Å²) >= 11 is 0. The first-order chi connectivity index (χ1) is 11.9. The van der Waals surface area contributed by atoms with Gasteiger partial charge in [-0.2, -0.15) is 0 Å². The predicted octanol–water partition coefficient (Wildman–Crippen LogP) is 3.76. The van der Waals surface area contributed by atoms with Crippen LogP contribution in [0.3, 0.4) is 0 Å². The summed E-state index contributed by atoms with van der Waals surface area (Å²) in [6.45, 7) is 3.99. The average Bonchev–Trinajstić information content (AvgIpc) is 3.13. The topological polar surface area (TPSA) is 75.6 Å². The Hall–Kier alpha value is -1.10. The van der Waals surface area contributed by atoms with Crippen LogP contribution in [0.5, 0.6) is 0 Å². The molecule has 0 aromatic rings. The van der Waals surface area contributed by atoms with Crippen molar-refractivity contribution >= 4 is 11.9 Å². The smallest absolute Gasteiger partial charge is 0.309 e. The molecule has 2 N–H and O–H groups in total. The van der Waals surface area contributed by atoms with Gasteiger partial charge in [-0.1, -0.05) is 39.0 Å². The van der Waals surface area contributed by atoms with Crippen LogP contribution in [0.2, 0.25) is 0 Å². The van der Waals surface area contributed by atoms with Gasteiger partial charge >= 0.3 is 5.97 Å². The number of nitrogens with one attached hydrogen (secondary N) is 1. The van der Waals surface area contributed by atoms with E-state index in [0.717, 1.165) is 32.1 Å². The minimum Gasteiger partial charge on any atom is -0.481 e. The first-order valence-corrected chi connectivity index (χ1v) is 10.00. The molecule has 0 bridgehead atoms. The highest BCUT2D eigenvalue weighted by Gasteiger charge is 2.48. The van der Waals surface area contributed by atoms with E-state index in [1.807, 2.05) is 0 Å². The molecule has 2 aliphatic rings. The summed E-state index contributed by atoms with van der Waals surface area (Å²) in [6.07, 6.45) is 9.62. The molecule has 4 atom stereocenters. The molecule has 0 aliphatic heterocycles. The zero-order valence-electron chi connectivity index (χ0n) is 16.1. The van der Waals surface area contributed by atoms with Crippen LogP contribution in [0.1, 0.15) is 78.1 Å². The molecule has 4 unspecified atom stereocenters. The summed E-state index contributed by atoms with van der Waals surface area (Å²) < 4.78 is 5.26. The summed E-state index contributed by atoms with van der Waals surface area (Å²) in [5, 5.41) is 12.8. The number of rotatable bonds is 11. The van der Waals surface area contributed by atoms with Gasteiger partial charge in [0, 0.05) is 13.2 Å². The van der Waals surface area contributed by atoms with Gasteiger partial charge < -0.3 is 15.2 Å². The van der Waals surface area contributed by atoms with E-state index in [2.05, 4.69) is 12.2 Å². The molecule has 0 heterocycles. The van der Waals surface area contributed by atoms with Crippen molar-refractivity contribution in [2.75, 3.05) is 7.11 Å². The van der Waals surface area contributed by atoms with Crippen molar-refractivity contribution in [1.82, 2.24) is 5.32 Å². The maximum Gasteiger partial charge on any atom is 0.309 e. The van der Waals surface area contributed by atoms with Gasteiger partial charge in [0.1, 0.15) is 0 Å². The quantitative estimate of drug-likeness (QED) is 0.555. The molecule has 2 rings (SSSR count). The van der Waals surface area contributed by atoms with Crippen LogP contribution < -0.4 is 5.32 Å². The van der Waals surface area contributed by atoms with Gasteiger partial charge in [-0.05, 0) is 44.9 Å². The summed E-state index contributed by atoms with van der Waals surface area (Å²) in [5.74, 6) is -0.782. The van der Waals surface area contributed by atoms with E-state index in [1.54, 1.807) is 6.92 Å². The highest BCUT2D eigenvalue weighted by molar-refractivity contribution is 5.84. The van der Waals surface area contributed by atoms with Crippen LogP contribution in [0.4, 0.5) is 0 Å². The van der Waals surface area contributed by atoms with Crippen molar-refractivity contribution in [3.63, 3.8) is 0 Å². The van der Waals surface area contributed by atoms with Gasteiger partial charge in [0.05, 0.1) is 17.4 Å². The van der Waals surface area contributed by atoms with Gasteiger partial charge in [-0.15, -0.1) is 0 Å². The van der Waals surface area contributed by atoms with Gasteiger partial charge in [0.25, 0.3) is 0 Å². The molecule has 2 fully saturated rings. The van der Waals surface area contributed by atoms with Gasteiger partial charge in [-0.25, -0.2) is 0 Å². The van der Waals surface area contributed by atoms with Crippen LogP contribution in [0, 0.1) is 17.3 Å². The number of methoxy groups -OCH3 is 1. The fourth-order valence-electron chi connectivity index (χ4n) is 4.34. The molecule has 0 radical (unpaired) electrons. The number of ether oxygens (including phenoxy) is 1. The Morgan fingerprint density at radius 1 is 1.28 bits per heavy atom. The molecule has 1 amide bonds. The third kappa shape index (κ3) is 5.19. The highest BCUT2D eigenvalue weighted by atomic mass is 16.5. The maximum atomic E-state index is 13.0. The third-order valence-electron chi connectivity index (χ3n) is 6.33. The Bertz CT molecular complexity index is 459. The standard InChI is InChI=1S/C20H35NO4/c1-4-5-6-9-15-12-17(15)21-19(24)20(10-7-8-11-20)13-16(18(22)23)14(2)25-3/h14-17H,4-13H2,1-3H3,(H,21,24)(H,22,23). The monoisotopic (exact) mass is 353 g/mol. The number of amides is 1. The molecular formula is C20H35NO4. The Kier molecular flexibility index (Phi) is 7.29. The van der Waals surface area contributed by atoms with E-state index in [9.17, 15) is 14.7 Å². The predicted molar refractivity (Wildman–Crippen MR) is 97.3 cm³/mol. The van der Waals surface area contributed by atoms with Crippen LogP contribution in [0.15, 0.2) is 0 Å². The van der Waals surface area contributed by atoms with Crippen LogP contribution >= 0.6 is 0 Å². The van der Waals surface area contributed by atoms with Crippen molar-refractivity contribution in [1.29, 1.82) is 0 Å². The molecule has 5 heteroatoms. The lowest BCUT2D eigenvalue weighted by Gasteiger charge is -2.32. The van der Waals surface area contributed by atoms with Crippen LogP contribution in [-0.4, -0.2) is 36.2 Å². The molecule has 25 heavy (non-hydrogen) atoms. The van der Waals surface area contributed by atoms with E-state index >= 15 is 0 Å². The second kappa shape index (κ2) is 9.02. The number of carbonyl (C=O) groups is 2. The Morgan fingerprint density at radius 3 is 2.52 bits per heavy atom. The molecule has 0 saturated heterocycles. The summed E-state index contributed by atoms with van der Waals surface area (Å²) in [4.78, 5) is 24.7. The van der Waals surface area contributed by atoms with Crippen molar-refractivity contribution in [3.8, 4) is 0 Å². The first kappa shape index (κ1) is 20.2. The van der Waals surface area contributed by atoms with Crippen molar-refractivity contribution in [2.45, 2.75) is 90.2 Å². The van der Waals surface area contributed by atoms with Crippen LogP contribution in [0.25, 0.3) is 0 Å². The van der Waals surface area contributed by atoms with E-state index < -0.39 is 17.3 Å². The Balaban J connectivity index is 1.94. The molecule has 0 spiro atoms. The largest absolute Gasteiger partial charge is 0.481 e. The lowest BCUT2D eigenvalue weighted by atomic mass is 9.75. The number of hydrogen-bond donors (Lipinski definition) is 2. The Morgan fingerprint density at radius 2 is 1.96 bits per heavy atom. The molecule has 0 aromatic heterocycles. The maximum absolute atomic E-state index is 13.0. The van der Waals surface area contributed by atoms with E-state index in [0.29, 0.717) is 18.4 Å². The lowest BCUT2D eigenvalue weighted by Crippen LogP contribution is -2.44. The van der Waals surface area contributed by atoms with Crippen LogP contribution in [-0.2, 0) is 14.3 Å². The minimum atomic E-state index is -0.864. The number of unbranched alkanes of at least 4 members (excludes halogenated alkanes) is 2. The normalized spacial score (nSPS) is 26.8. The molecule has 2 saturated carbocycles. The van der Waals surface area contributed by atoms with Crippen molar-refractivity contribution in [2.24, 2.45) is 17.3 Å². The summed E-state index contributed by atoms with van der Waals surface area (Å²) in [7, 11) is 1.53. The summed E-state index contributed by atoms with van der Waals surface area (Å²) in [6, 6.07) is 0.310. The summed E-state index contributed by atoms with van der Waals surface area (Å²) in [5.41, 5.74) is -0.521. The van der Waals surface area contributed by atoms with E-state index in [4.69, 9.17) is 4.74 Å². The molecule has 2 aliphatic carbocycles. The van der Waals surface area contributed by atoms with E-state index in [1.165, 1.54) is 32.8 Å². The van der Waals surface area contributed by atoms with Gasteiger partial charge in [-0.3, -0.25) is 9.59 Å². The Labute approximate surface area is 151 Å². The van der Waals surface area contributed by atoms with Crippen molar-refractivity contribution < 1.29 is 19.4 Å². The zero-order chi connectivity index (χ0) is 18.4. The molecular weight excluding hydrogens is 318 g/mol. The molecule has 5 nitrogen and oxygen atoms in total. The number of carboxylic acid groups (broad SMARTS) is 1. The second-order valence-corrected chi connectivity index (χ2v) is 8.15. The fourth-order valence-corrected chi connectivity index (χ4v) is 4.34. The van der Waals surface area contributed by atoms with Crippen molar-refractivity contribution in [3.05, 3.63) is 0 Å². The lowest BCUT2D eigenvalue weighted by molar-refractivity contribution is -0.149. The first-order valence-electron chi connectivity index (χ1n) is 10.00. The molecule has 144 valence electrons. The van der Waals surface area contributed by atoms with Gasteiger partial charge in [0.15, 0.2) is 0 Å². The number of carboxylic acids is 1. The van der Waals surface area contributed by atoms with Gasteiger partial charge in [0.2, 0.25) is 5.91 Å². The number of hydrogen-bond acceptors (Lipinski definition) is 3. The SMILES string of the molecule is CCCCCC1CC1NC(=O)C1(CC(C(=O)O)C(C)OC)CCCC1. The average molecular weight is 354 g/mol.